The van der Waals surface area contributed by atoms with Crippen molar-refractivity contribution in [1.29, 1.82) is 0 Å². The van der Waals surface area contributed by atoms with E-state index < -0.39 is 0 Å². The van der Waals surface area contributed by atoms with Crippen LogP contribution < -0.4 is 15.4 Å². The van der Waals surface area contributed by atoms with Gasteiger partial charge in [-0.25, -0.2) is 4.39 Å². The van der Waals surface area contributed by atoms with E-state index in [0.29, 0.717) is 13.2 Å². The molecule has 1 heterocycles. The number of hydrogen-bond donors (Lipinski definition) is 2. The second-order valence-electron chi connectivity index (χ2n) is 8.48. The SMILES string of the molecule is CN=C(NCc1ccccc1OCCN1CCOCC1)NCC1(c2cccc(F)c2)CC1.I. The van der Waals surface area contributed by atoms with E-state index in [4.69, 9.17) is 9.47 Å². The topological polar surface area (TPSA) is 58.1 Å². The van der Waals surface area contributed by atoms with Crippen molar-refractivity contribution in [3.63, 3.8) is 0 Å². The average molecular weight is 568 g/mol. The first-order valence-electron chi connectivity index (χ1n) is 11.4. The summed E-state index contributed by atoms with van der Waals surface area (Å²) < 4.78 is 25.1. The van der Waals surface area contributed by atoms with Gasteiger partial charge in [0.2, 0.25) is 0 Å². The Morgan fingerprint density at radius 3 is 2.64 bits per heavy atom. The Labute approximate surface area is 213 Å². The zero-order valence-corrected chi connectivity index (χ0v) is 21.5. The van der Waals surface area contributed by atoms with Crippen LogP contribution in [0, 0.1) is 5.82 Å². The summed E-state index contributed by atoms with van der Waals surface area (Å²) in [6, 6.07) is 15.0. The Morgan fingerprint density at radius 1 is 1.12 bits per heavy atom. The van der Waals surface area contributed by atoms with Crippen molar-refractivity contribution in [2.24, 2.45) is 4.99 Å². The van der Waals surface area contributed by atoms with Crippen molar-refractivity contribution in [3.8, 4) is 5.75 Å². The fourth-order valence-corrected chi connectivity index (χ4v) is 4.09. The highest BCUT2D eigenvalue weighted by atomic mass is 127. The molecule has 1 aliphatic heterocycles. The summed E-state index contributed by atoms with van der Waals surface area (Å²) in [5.41, 5.74) is 2.14. The van der Waals surface area contributed by atoms with Gasteiger partial charge in [-0.3, -0.25) is 9.89 Å². The summed E-state index contributed by atoms with van der Waals surface area (Å²) in [5, 5.41) is 6.81. The number of guanidine groups is 1. The van der Waals surface area contributed by atoms with Crippen molar-refractivity contribution in [1.82, 2.24) is 15.5 Å². The first kappa shape index (κ1) is 25.7. The molecule has 0 unspecified atom stereocenters. The van der Waals surface area contributed by atoms with Gasteiger partial charge in [0, 0.05) is 50.7 Å². The fourth-order valence-electron chi connectivity index (χ4n) is 4.09. The predicted molar refractivity (Wildman–Crippen MR) is 140 cm³/mol. The van der Waals surface area contributed by atoms with E-state index in [9.17, 15) is 4.39 Å². The number of aliphatic imine (C=N–C) groups is 1. The molecule has 2 aromatic rings. The number of rotatable bonds is 9. The van der Waals surface area contributed by atoms with Crippen LogP contribution in [0.25, 0.3) is 0 Å². The van der Waals surface area contributed by atoms with Crippen LogP contribution in [-0.2, 0) is 16.7 Å². The van der Waals surface area contributed by atoms with Gasteiger partial charge in [-0.05, 0) is 36.6 Å². The van der Waals surface area contributed by atoms with Crippen LogP contribution in [0.2, 0.25) is 0 Å². The molecule has 1 saturated carbocycles. The van der Waals surface area contributed by atoms with Crippen LogP contribution >= 0.6 is 24.0 Å². The molecule has 0 radical (unpaired) electrons. The molecule has 0 spiro atoms. The van der Waals surface area contributed by atoms with Gasteiger partial charge in [0.25, 0.3) is 0 Å². The summed E-state index contributed by atoms with van der Waals surface area (Å²) in [5.74, 6) is 1.44. The monoisotopic (exact) mass is 568 g/mol. The highest BCUT2D eigenvalue weighted by Crippen LogP contribution is 2.47. The number of para-hydroxylation sites is 1. The number of halogens is 2. The third-order valence-corrected chi connectivity index (χ3v) is 6.30. The molecule has 1 saturated heterocycles. The number of nitrogens with one attached hydrogen (secondary N) is 2. The van der Waals surface area contributed by atoms with Crippen LogP contribution in [0.3, 0.4) is 0 Å². The summed E-state index contributed by atoms with van der Waals surface area (Å²) in [6.07, 6.45) is 2.11. The molecular formula is C25H34FIN4O2. The normalized spacial score (nSPS) is 17.7. The van der Waals surface area contributed by atoms with Crippen molar-refractivity contribution in [3.05, 3.63) is 65.5 Å². The van der Waals surface area contributed by atoms with Gasteiger partial charge < -0.3 is 20.1 Å². The van der Waals surface area contributed by atoms with E-state index in [1.54, 1.807) is 19.2 Å². The van der Waals surface area contributed by atoms with Crippen LogP contribution in [-0.4, -0.2) is 63.9 Å². The van der Waals surface area contributed by atoms with Gasteiger partial charge >= 0.3 is 0 Å². The molecule has 2 fully saturated rings. The highest BCUT2D eigenvalue weighted by molar-refractivity contribution is 14.0. The largest absolute Gasteiger partial charge is 0.492 e. The zero-order valence-electron chi connectivity index (χ0n) is 19.2. The lowest BCUT2D eigenvalue weighted by Crippen LogP contribution is -2.41. The van der Waals surface area contributed by atoms with E-state index in [2.05, 4.69) is 26.6 Å². The van der Waals surface area contributed by atoms with Gasteiger partial charge in [0.15, 0.2) is 5.96 Å². The molecule has 0 atom stereocenters. The van der Waals surface area contributed by atoms with Crippen molar-refractivity contribution in [2.75, 3.05) is 53.0 Å². The highest BCUT2D eigenvalue weighted by Gasteiger charge is 2.44. The van der Waals surface area contributed by atoms with Crippen LogP contribution in [0.15, 0.2) is 53.5 Å². The number of nitrogens with zero attached hydrogens (tertiary/aromatic N) is 2. The van der Waals surface area contributed by atoms with E-state index in [1.807, 2.05) is 24.3 Å². The molecule has 1 aliphatic carbocycles. The van der Waals surface area contributed by atoms with Crippen LogP contribution in [0.4, 0.5) is 4.39 Å². The molecular weight excluding hydrogens is 534 g/mol. The minimum Gasteiger partial charge on any atom is -0.492 e. The summed E-state index contributed by atoms with van der Waals surface area (Å²) in [4.78, 5) is 6.72. The molecule has 6 nitrogen and oxygen atoms in total. The van der Waals surface area contributed by atoms with Gasteiger partial charge in [-0.2, -0.15) is 0 Å². The molecule has 8 heteroatoms. The van der Waals surface area contributed by atoms with Crippen molar-refractivity contribution in [2.45, 2.75) is 24.8 Å². The maximum absolute atomic E-state index is 13.7. The Morgan fingerprint density at radius 2 is 1.91 bits per heavy atom. The van der Waals surface area contributed by atoms with Crippen LogP contribution in [0.1, 0.15) is 24.0 Å². The minimum absolute atomic E-state index is 0. The maximum Gasteiger partial charge on any atom is 0.191 e. The lowest BCUT2D eigenvalue weighted by Gasteiger charge is -2.26. The van der Waals surface area contributed by atoms with Gasteiger partial charge in [0.05, 0.1) is 13.2 Å². The van der Waals surface area contributed by atoms with Gasteiger partial charge in [0.1, 0.15) is 18.2 Å². The Bertz CT molecular complexity index is 917. The van der Waals surface area contributed by atoms with Crippen molar-refractivity contribution < 1.29 is 13.9 Å². The number of ether oxygens (including phenoxy) is 2. The molecule has 2 N–H and O–H groups in total. The lowest BCUT2D eigenvalue weighted by molar-refractivity contribution is 0.0322. The summed E-state index contributed by atoms with van der Waals surface area (Å²) >= 11 is 0. The maximum atomic E-state index is 13.7. The Hall–Kier alpha value is -1.91. The van der Waals surface area contributed by atoms with Gasteiger partial charge in [-0.1, -0.05) is 30.3 Å². The predicted octanol–water partition coefficient (Wildman–Crippen LogP) is 3.55. The van der Waals surface area contributed by atoms with Crippen molar-refractivity contribution >= 4 is 29.9 Å². The first-order valence-corrected chi connectivity index (χ1v) is 11.4. The van der Waals surface area contributed by atoms with E-state index in [-0.39, 0.29) is 35.2 Å². The number of hydrogen-bond acceptors (Lipinski definition) is 4. The molecule has 33 heavy (non-hydrogen) atoms. The third kappa shape index (κ3) is 7.28. The fraction of sp³-hybridized carbons (Fsp3) is 0.480. The molecule has 180 valence electrons. The smallest absolute Gasteiger partial charge is 0.191 e. The minimum atomic E-state index is -0.179. The number of morpholine rings is 1. The Balaban J connectivity index is 0.00000306. The number of benzene rings is 2. The van der Waals surface area contributed by atoms with E-state index in [0.717, 1.165) is 75.1 Å². The Kier molecular flexibility index (Phi) is 9.76. The standard InChI is InChI=1S/C25H33FN4O2.HI/c1-27-24(29-19-25(9-10-25)21-6-4-7-22(26)17-21)28-18-20-5-2-3-8-23(20)32-16-13-30-11-14-31-15-12-30;/h2-8,17H,9-16,18-19H2,1H3,(H2,27,28,29);1H. The summed E-state index contributed by atoms with van der Waals surface area (Å²) in [7, 11) is 1.77. The molecule has 0 bridgehead atoms. The zero-order chi connectivity index (χ0) is 22.2. The van der Waals surface area contributed by atoms with Crippen LogP contribution in [0.5, 0.6) is 5.75 Å². The molecule has 2 aromatic carbocycles. The quantitative estimate of drug-likeness (QED) is 0.276. The van der Waals surface area contributed by atoms with Gasteiger partial charge in [-0.15, -0.1) is 24.0 Å². The van der Waals surface area contributed by atoms with E-state index in [1.165, 1.54) is 6.07 Å². The first-order chi connectivity index (χ1) is 15.7. The molecule has 4 rings (SSSR count). The molecule has 0 amide bonds. The third-order valence-electron chi connectivity index (χ3n) is 6.30. The second kappa shape index (κ2) is 12.5. The summed E-state index contributed by atoms with van der Waals surface area (Å²) in [6.45, 7) is 6.42. The van der Waals surface area contributed by atoms with E-state index >= 15 is 0 Å². The lowest BCUT2D eigenvalue weighted by atomic mass is 9.96. The average Bonchev–Trinajstić information content (AvgIpc) is 3.62. The second-order valence-corrected chi connectivity index (χ2v) is 8.48. The molecule has 2 aliphatic rings. The molecule has 0 aromatic heterocycles.